The third-order valence-electron chi connectivity index (χ3n) is 2.02. The first-order valence-electron chi connectivity index (χ1n) is 5.22. The number of aliphatic hydroxyl groups excluding tert-OH is 5. The molecule has 0 radical (unpaired) electrons. The predicted molar refractivity (Wildman–Crippen MR) is 60.9 cm³/mol. The second-order valence-corrected chi connectivity index (χ2v) is 3.84. The molecule has 0 saturated heterocycles. The summed E-state index contributed by atoms with van der Waals surface area (Å²) in [6.45, 7) is 0.349. The molecule has 0 bridgehead atoms. The maximum absolute atomic E-state index is 10.5. The molecular formula is C10H19NO7. The van der Waals surface area contributed by atoms with E-state index in [1.807, 2.05) is 19.0 Å². The summed E-state index contributed by atoms with van der Waals surface area (Å²) in [7, 11) is 3.85. The van der Waals surface area contributed by atoms with Gasteiger partial charge in [-0.15, -0.1) is 0 Å². The molecule has 1 aliphatic rings. The molecule has 106 valence electrons. The number of rotatable bonds is 4. The highest BCUT2D eigenvalue weighted by Gasteiger charge is 2.38. The molecule has 8 nitrogen and oxygen atoms in total. The van der Waals surface area contributed by atoms with Crippen LogP contribution in [0.15, 0.2) is 11.5 Å². The van der Waals surface area contributed by atoms with E-state index in [2.05, 4.69) is 4.74 Å². The fourth-order valence-corrected chi connectivity index (χ4v) is 1.02. The van der Waals surface area contributed by atoms with Gasteiger partial charge in [0.1, 0.15) is 6.10 Å². The molecule has 0 aromatic carbocycles. The fraction of sp³-hybridized carbons (Fsp3) is 0.700. The van der Waals surface area contributed by atoms with Crippen molar-refractivity contribution in [2.24, 2.45) is 0 Å². The zero-order valence-electron chi connectivity index (χ0n) is 10.3. The van der Waals surface area contributed by atoms with Gasteiger partial charge >= 0.3 is 5.97 Å². The zero-order chi connectivity index (χ0) is 14.3. The monoisotopic (exact) mass is 265 g/mol. The van der Waals surface area contributed by atoms with Gasteiger partial charge in [0.25, 0.3) is 0 Å². The molecule has 1 rings (SSSR count). The SMILES string of the molecule is CN(C)CCO.O=C1OC(C(O)CO)C(O)=C1O. The Hall–Kier alpha value is -1.35. The summed E-state index contributed by atoms with van der Waals surface area (Å²) < 4.78 is 4.32. The number of ether oxygens (including phenoxy) is 1. The number of aliphatic hydroxyl groups is 5. The van der Waals surface area contributed by atoms with Crippen molar-refractivity contribution in [3.63, 3.8) is 0 Å². The normalized spacial score (nSPS) is 20.6. The minimum Gasteiger partial charge on any atom is -0.505 e. The molecule has 0 spiro atoms. The first-order valence-corrected chi connectivity index (χ1v) is 5.22. The van der Waals surface area contributed by atoms with Crippen LogP contribution in [0.4, 0.5) is 0 Å². The summed E-state index contributed by atoms with van der Waals surface area (Å²) in [5.74, 6) is -2.78. The number of likely N-dealkylation sites (N-methyl/N-ethyl adjacent to an activating group) is 1. The predicted octanol–water partition coefficient (Wildman–Crippen LogP) is -1.87. The first-order chi connectivity index (χ1) is 8.34. The number of hydrogen-bond acceptors (Lipinski definition) is 8. The molecule has 0 aliphatic carbocycles. The Morgan fingerprint density at radius 2 is 1.89 bits per heavy atom. The highest BCUT2D eigenvalue weighted by Crippen LogP contribution is 2.20. The average molecular weight is 265 g/mol. The molecule has 1 heterocycles. The van der Waals surface area contributed by atoms with Crippen LogP contribution in [0.2, 0.25) is 0 Å². The van der Waals surface area contributed by atoms with Gasteiger partial charge in [-0.2, -0.15) is 0 Å². The maximum atomic E-state index is 10.5. The molecule has 0 fully saturated rings. The van der Waals surface area contributed by atoms with Crippen molar-refractivity contribution in [2.45, 2.75) is 12.2 Å². The van der Waals surface area contributed by atoms with E-state index in [1.165, 1.54) is 0 Å². The van der Waals surface area contributed by atoms with Crippen LogP contribution in [0, 0.1) is 0 Å². The Morgan fingerprint density at radius 3 is 2.11 bits per heavy atom. The molecule has 1 aliphatic heterocycles. The van der Waals surface area contributed by atoms with E-state index in [-0.39, 0.29) is 6.61 Å². The van der Waals surface area contributed by atoms with Crippen molar-refractivity contribution in [1.29, 1.82) is 0 Å². The molecule has 0 aromatic heterocycles. The van der Waals surface area contributed by atoms with Crippen LogP contribution in [0.3, 0.4) is 0 Å². The standard InChI is InChI=1S/C6H8O6.C4H11NO/c7-1-2(8)5-3(9)4(10)6(11)12-5;1-5(2)3-4-6/h2,5,7-10H,1H2;6H,3-4H2,1-2H3. The van der Waals surface area contributed by atoms with Gasteiger partial charge in [0, 0.05) is 6.54 Å². The quantitative estimate of drug-likeness (QED) is 0.374. The van der Waals surface area contributed by atoms with Crippen molar-refractivity contribution >= 4 is 5.97 Å². The Bertz CT molecular complexity index is 303. The minimum absolute atomic E-state index is 0.257. The van der Waals surface area contributed by atoms with Gasteiger partial charge in [0.2, 0.25) is 5.76 Å². The van der Waals surface area contributed by atoms with Gasteiger partial charge in [0.15, 0.2) is 11.9 Å². The van der Waals surface area contributed by atoms with Crippen LogP contribution in [0.1, 0.15) is 0 Å². The molecule has 2 unspecified atom stereocenters. The van der Waals surface area contributed by atoms with Crippen LogP contribution < -0.4 is 0 Å². The fourth-order valence-electron chi connectivity index (χ4n) is 1.02. The number of nitrogens with zero attached hydrogens (tertiary/aromatic N) is 1. The van der Waals surface area contributed by atoms with E-state index >= 15 is 0 Å². The number of cyclic esters (lactones) is 1. The molecule has 0 saturated carbocycles. The Labute approximate surface area is 104 Å². The van der Waals surface area contributed by atoms with Crippen LogP contribution in [0.5, 0.6) is 0 Å². The maximum Gasteiger partial charge on any atom is 0.377 e. The van der Waals surface area contributed by atoms with Gasteiger partial charge in [-0.3, -0.25) is 0 Å². The summed E-state index contributed by atoms with van der Waals surface area (Å²) in [6.07, 6.45) is -2.78. The second kappa shape index (κ2) is 7.88. The lowest BCUT2D eigenvalue weighted by Gasteiger charge is -2.13. The van der Waals surface area contributed by atoms with Crippen LogP contribution in [-0.4, -0.2) is 82.5 Å². The third-order valence-corrected chi connectivity index (χ3v) is 2.02. The van der Waals surface area contributed by atoms with E-state index < -0.39 is 36.3 Å². The number of carbonyl (C=O) groups excluding carboxylic acids is 1. The van der Waals surface area contributed by atoms with E-state index in [1.54, 1.807) is 0 Å². The smallest absolute Gasteiger partial charge is 0.377 e. The largest absolute Gasteiger partial charge is 0.505 e. The molecule has 8 heteroatoms. The number of esters is 1. The summed E-state index contributed by atoms with van der Waals surface area (Å²) in [5, 5.41) is 43.2. The van der Waals surface area contributed by atoms with Crippen molar-refractivity contribution < 1.29 is 35.1 Å². The first kappa shape index (κ1) is 16.6. The lowest BCUT2D eigenvalue weighted by Crippen LogP contribution is -2.31. The van der Waals surface area contributed by atoms with E-state index in [9.17, 15) is 4.79 Å². The lowest BCUT2D eigenvalue weighted by molar-refractivity contribution is -0.147. The van der Waals surface area contributed by atoms with Gasteiger partial charge in [-0.05, 0) is 14.1 Å². The second-order valence-electron chi connectivity index (χ2n) is 3.84. The van der Waals surface area contributed by atoms with Crippen molar-refractivity contribution in [1.82, 2.24) is 4.90 Å². The average Bonchev–Trinajstić information content (AvgIpc) is 2.57. The van der Waals surface area contributed by atoms with E-state index in [0.717, 1.165) is 6.54 Å². The summed E-state index contributed by atoms with van der Waals surface area (Å²) in [4.78, 5) is 12.5. The molecule has 18 heavy (non-hydrogen) atoms. The van der Waals surface area contributed by atoms with Gasteiger partial charge in [-0.25, -0.2) is 4.79 Å². The van der Waals surface area contributed by atoms with Crippen LogP contribution in [-0.2, 0) is 9.53 Å². The van der Waals surface area contributed by atoms with Crippen LogP contribution in [0.25, 0.3) is 0 Å². The van der Waals surface area contributed by atoms with Crippen molar-refractivity contribution in [3.05, 3.63) is 11.5 Å². The van der Waals surface area contributed by atoms with Gasteiger partial charge in [0.05, 0.1) is 13.2 Å². The van der Waals surface area contributed by atoms with E-state index in [4.69, 9.17) is 25.5 Å². The highest BCUT2D eigenvalue weighted by molar-refractivity contribution is 5.89. The molecular weight excluding hydrogens is 246 g/mol. The molecule has 5 N–H and O–H groups in total. The van der Waals surface area contributed by atoms with Crippen molar-refractivity contribution in [2.75, 3.05) is 33.9 Å². The van der Waals surface area contributed by atoms with Crippen LogP contribution >= 0.6 is 0 Å². The highest BCUT2D eigenvalue weighted by atomic mass is 16.6. The molecule has 0 amide bonds. The summed E-state index contributed by atoms with van der Waals surface area (Å²) >= 11 is 0. The molecule has 0 aromatic rings. The third kappa shape index (κ3) is 4.88. The Morgan fingerprint density at radius 1 is 1.33 bits per heavy atom. The summed E-state index contributed by atoms with van der Waals surface area (Å²) in [5.41, 5.74) is 0. The Kier molecular flexibility index (Phi) is 7.29. The summed E-state index contributed by atoms with van der Waals surface area (Å²) in [6, 6.07) is 0. The van der Waals surface area contributed by atoms with Gasteiger partial charge in [-0.1, -0.05) is 0 Å². The molecule has 2 atom stereocenters. The lowest BCUT2D eigenvalue weighted by atomic mass is 10.2. The van der Waals surface area contributed by atoms with E-state index in [0.29, 0.717) is 0 Å². The Balaban J connectivity index is 0.000000411. The minimum atomic E-state index is -1.42. The van der Waals surface area contributed by atoms with Gasteiger partial charge < -0.3 is 35.2 Å². The number of carbonyl (C=O) groups is 1. The topological polar surface area (TPSA) is 131 Å². The van der Waals surface area contributed by atoms with Crippen molar-refractivity contribution in [3.8, 4) is 0 Å². The number of hydrogen-bond donors (Lipinski definition) is 5. The zero-order valence-corrected chi connectivity index (χ0v) is 10.3.